The molecule has 0 bridgehead atoms. The smallest absolute Gasteiger partial charge is 0.270 e. The summed E-state index contributed by atoms with van der Waals surface area (Å²) in [6.07, 6.45) is 5.47. The summed E-state index contributed by atoms with van der Waals surface area (Å²) in [5.74, 6) is -0.130. The van der Waals surface area contributed by atoms with Crippen LogP contribution >= 0.6 is 11.6 Å². The molecule has 0 saturated carbocycles. The number of nitriles is 1. The van der Waals surface area contributed by atoms with Gasteiger partial charge in [-0.15, -0.1) is 0 Å². The lowest BCUT2D eigenvalue weighted by Gasteiger charge is -2.18. The largest absolute Gasteiger partial charge is 0.357 e. The van der Waals surface area contributed by atoms with Crippen LogP contribution in [0.3, 0.4) is 0 Å². The van der Waals surface area contributed by atoms with Crippen molar-refractivity contribution in [3.8, 4) is 17.2 Å². The molecule has 0 unspecified atom stereocenters. The summed E-state index contributed by atoms with van der Waals surface area (Å²) in [5, 5.41) is 10.1. The Hall–Kier alpha value is -2.78. The van der Waals surface area contributed by atoms with Gasteiger partial charge in [0.1, 0.15) is 11.3 Å². The van der Waals surface area contributed by atoms with Gasteiger partial charge in [-0.1, -0.05) is 11.6 Å². The summed E-state index contributed by atoms with van der Waals surface area (Å²) in [7, 11) is 0. The first-order valence-electron chi connectivity index (χ1n) is 7.62. The van der Waals surface area contributed by atoms with Gasteiger partial charge in [0.2, 0.25) is 0 Å². The molecule has 0 aliphatic rings. The maximum absolute atomic E-state index is 12.6. The van der Waals surface area contributed by atoms with E-state index in [9.17, 15) is 4.79 Å². The number of hydrogen-bond acceptors (Lipinski definition) is 3. The third kappa shape index (κ3) is 2.86. The molecule has 0 radical (unpaired) electrons. The molecule has 3 heterocycles. The lowest BCUT2D eigenvalue weighted by atomic mass is 10.1. The monoisotopic (exact) mass is 343 g/mol. The standard InChI is InChI=1S/C17H16ClN5O.H2/c1-2-23(7-3-5-19)17(24)14-8-11(9-21-14)15-12-4-6-20-16(12)22-10-13(15)18;/h4,6,8-10,21H,2-3,7H2,1H3,(H,20,22);1H. The lowest BCUT2D eigenvalue weighted by Crippen LogP contribution is -2.31. The first-order chi connectivity index (χ1) is 11.7. The zero-order valence-electron chi connectivity index (χ0n) is 13.1. The first-order valence-corrected chi connectivity index (χ1v) is 8.00. The fourth-order valence-corrected chi connectivity index (χ4v) is 2.96. The van der Waals surface area contributed by atoms with Crippen molar-refractivity contribution in [2.75, 3.05) is 13.1 Å². The van der Waals surface area contributed by atoms with Crippen molar-refractivity contribution in [1.82, 2.24) is 19.9 Å². The number of nitrogens with zero attached hydrogens (tertiary/aromatic N) is 3. The third-order valence-electron chi connectivity index (χ3n) is 3.90. The number of aromatic nitrogens is 3. The molecule has 24 heavy (non-hydrogen) atoms. The fourth-order valence-electron chi connectivity index (χ4n) is 2.70. The van der Waals surface area contributed by atoms with E-state index < -0.39 is 0 Å². The van der Waals surface area contributed by atoms with Gasteiger partial charge in [0, 0.05) is 49.6 Å². The molecule has 3 aromatic rings. The Morgan fingerprint density at radius 1 is 1.50 bits per heavy atom. The van der Waals surface area contributed by atoms with Gasteiger partial charge in [-0.3, -0.25) is 4.79 Å². The van der Waals surface area contributed by atoms with E-state index in [0.29, 0.717) is 30.2 Å². The van der Waals surface area contributed by atoms with Gasteiger partial charge in [0.05, 0.1) is 17.5 Å². The van der Waals surface area contributed by atoms with E-state index in [1.54, 1.807) is 29.6 Å². The van der Waals surface area contributed by atoms with Crippen molar-refractivity contribution >= 4 is 28.5 Å². The van der Waals surface area contributed by atoms with E-state index in [1.165, 1.54) is 0 Å². The van der Waals surface area contributed by atoms with Crippen LogP contribution in [0.25, 0.3) is 22.2 Å². The minimum atomic E-state index is -0.130. The number of aromatic amines is 2. The summed E-state index contributed by atoms with van der Waals surface area (Å²) in [4.78, 5) is 24.5. The van der Waals surface area contributed by atoms with E-state index in [4.69, 9.17) is 16.9 Å². The van der Waals surface area contributed by atoms with Crippen molar-refractivity contribution in [1.29, 1.82) is 5.26 Å². The number of carbonyl (C=O) groups excluding carboxylic acids is 1. The molecule has 0 fully saturated rings. The van der Waals surface area contributed by atoms with Crippen LogP contribution in [0.4, 0.5) is 0 Å². The fraction of sp³-hybridized carbons (Fsp3) is 0.235. The highest BCUT2D eigenvalue weighted by molar-refractivity contribution is 6.34. The average molecular weight is 344 g/mol. The predicted octanol–water partition coefficient (Wildman–Crippen LogP) is 3.83. The summed E-state index contributed by atoms with van der Waals surface area (Å²) in [6.45, 7) is 2.85. The summed E-state index contributed by atoms with van der Waals surface area (Å²) in [5.41, 5.74) is 2.87. The summed E-state index contributed by atoms with van der Waals surface area (Å²) in [6, 6.07) is 5.75. The van der Waals surface area contributed by atoms with Gasteiger partial charge in [0.25, 0.3) is 5.91 Å². The van der Waals surface area contributed by atoms with Crippen molar-refractivity contribution in [2.24, 2.45) is 0 Å². The number of fused-ring (bicyclic) bond motifs is 1. The number of hydrogen-bond donors (Lipinski definition) is 2. The molecule has 7 heteroatoms. The first kappa shape index (κ1) is 16.1. The van der Waals surface area contributed by atoms with E-state index in [2.05, 4.69) is 21.0 Å². The van der Waals surface area contributed by atoms with Crippen LogP contribution in [-0.4, -0.2) is 38.8 Å². The molecule has 6 nitrogen and oxygen atoms in total. The number of pyridine rings is 1. The Balaban J connectivity index is 0.00000225. The van der Waals surface area contributed by atoms with E-state index in [0.717, 1.165) is 22.2 Å². The molecule has 3 rings (SSSR count). The Bertz CT molecular complexity index is 927. The zero-order valence-corrected chi connectivity index (χ0v) is 13.9. The molecule has 0 aliphatic heterocycles. The number of H-pyrrole nitrogens is 2. The van der Waals surface area contributed by atoms with Crippen molar-refractivity contribution < 1.29 is 6.22 Å². The van der Waals surface area contributed by atoms with Gasteiger partial charge in [-0.25, -0.2) is 4.98 Å². The van der Waals surface area contributed by atoms with Gasteiger partial charge in [0.15, 0.2) is 0 Å². The van der Waals surface area contributed by atoms with Gasteiger partial charge >= 0.3 is 0 Å². The van der Waals surface area contributed by atoms with Crippen LogP contribution in [0.15, 0.2) is 30.7 Å². The molecule has 2 N–H and O–H groups in total. The van der Waals surface area contributed by atoms with Crippen molar-refractivity contribution in [3.63, 3.8) is 0 Å². The second-order valence-corrected chi connectivity index (χ2v) is 5.72. The second kappa shape index (κ2) is 6.77. The van der Waals surface area contributed by atoms with E-state index >= 15 is 0 Å². The van der Waals surface area contributed by atoms with Crippen LogP contribution in [0.5, 0.6) is 0 Å². The number of rotatable bonds is 5. The zero-order chi connectivity index (χ0) is 17.1. The number of nitrogens with one attached hydrogen (secondary N) is 2. The number of halogens is 1. The molecule has 0 saturated heterocycles. The second-order valence-electron chi connectivity index (χ2n) is 5.32. The molecular weight excluding hydrogens is 326 g/mol. The Kier molecular flexibility index (Phi) is 4.54. The Morgan fingerprint density at radius 3 is 3.08 bits per heavy atom. The molecule has 124 valence electrons. The van der Waals surface area contributed by atoms with Crippen LogP contribution in [0, 0.1) is 11.3 Å². The lowest BCUT2D eigenvalue weighted by molar-refractivity contribution is 0.0762. The average Bonchev–Trinajstić information content (AvgIpc) is 3.24. The minimum Gasteiger partial charge on any atom is -0.357 e. The third-order valence-corrected chi connectivity index (χ3v) is 4.19. The van der Waals surface area contributed by atoms with Gasteiger partial charge < -0.3 is 14.9 Å². The normalized spacial score (nSPS) is 10.7. The predicted molar refractivity (Wildman–Crippen MR) is 94.8 cm³/mol. The quantitative estimate of drug-likeness (QED) is 0.737. The van der Waals surface area contributed by atoms with Crippen molar-refractivity contribution in [2.45, 2.75) is 13.3 Å². The van der Waals surface area contributed by atoms with Crippen LogP contribution in [0.2, 0.25) is 5.02 Å². The van der Waals surface area contributed by atoms with E-state index in [1.807, 2.05) is 13.0 Å². The van der Waals surface area contributed by atoms with Crippen LogP contribution in [-0.2, 0) is 0 Å². The molecule has 0 spiro atoms. The minimum absolute atomic E-state index is 0. The topological polar surface area (TPSA) is 88.6 Å². The summed E-state index contributed by atoms with van der Waals surface area (Å²) < 4.78 is 0. The van der Waals surface area contributed by atoms with Gasteiger partial charge in [-0.2, -0.15) is 5.26 Å². The Labute approximate surface area is 145 Å². The van der Waals surface area contributed by atoms with Gasteiger partial charge in [-0.05, 0) is 19.1 Å². The number of carbonyl (C=O) groups is 1. The molecule has 0 atom stereocenters. The maximum Gasteiger partial charge on any atom is 0.270 e. The highest BCUT2D eigenvalue weighted by atomic mass is 35.5. The molecular formula is C17H18ClN5O. The molecule has 3 aromatic heterocycles. The highest BCUT2D eigenvalue weighted by Crippen LogP contribution is 2.34. The van der Waals surface area contributed by atoms with Crippen LogP contribution < -0.4 is 0 Å². The van der Waals surface area contributed by atoms with E-state index in [-0.39, 0.29) is 7.33 Å². The molecule has 0 aromatic carbocycles. The van der Waals surface area contributed by atoms with Crippen molar-refractivity contribution in [3.05, 3.63) is 41.4 Å². The maximum atomic E-state index is 12.6. The van der Waals surface area contributed by atoms with Crippen LogP contribution in [0.1, 0.15) is 25.3 Å². The molecule has 1 amide bonds. The Morgan fingerprint density at radius 2 is 2.33 bits per heavy atom. The summed E-state index contributed by atoms with van der Waals surface area (Å²) >= 11 is 6.32. The highest BCUT2D eigenvalue weighted by Gasteiger charge is 2.18. The molecule has 0 aliphatic carbocycles. The SMILES string of the molecule is CCN(CCC#N)C(=O)c1cc(-c2c(Cl)cnc3[nH]ccc23)c[nH]1.[HH]. The number of amides is 1.